The molecule has 5 nitrogen and oxygen atoms in total. The molecule has 0 aliphatic carbocycles. The Morgan fingerprint density at radius 2 is 1.73 bits per heavy atom. The summed E-state index contributed by atoms with van der Waals surface area (Å²) in [5.41, 5.74) is 5.93. The number of hydrogen-bond acceptors (Lipinski definition) is 3. The predicted molar refractivity (Wildman–Crippen MR) is 128 cm³/mol. The lowest BCUT2D eigenvalue weighted by Crippen LogP contribution is -2.14. The van der Waals surface area contributed by atoms with Gasteiger partial charge in [0, 0.05) is 41.4 Å². The zero-order valence-corrected chi connectivity index (χ0v) is 18.2. The molecule has 33 heavy (non-hydrogen) atoms. The molecule has 2 heterocycles. The maximum absolute atomic E-state index is 13.2. The quantitative estimate of drug-likeness (QED) is 0.376. The highest BCUT2D eigenvalue weighted by atomic mass is 19.1. The van der Waals surface area contributed by atoms with E-state index >= 15 is 0 Å². The number of rotatable bonds is 4. The number of pyridine rings is 1. The summed E-state index contributed by atoms with van der Waals surface area (Å²) in [5, 5.41) is 8.39. The van der Waals surface area contributed by atoms with Crippen LogP contribution in [0.4, 0.5) is 10.2 Å². The van der Waals surface area contributed by atoms with E-state index in [-0.39, 0.29) is 11.7 Å². The Morgan fingerprint density at radius 3 is 2.52 bits per heavy atom. The van der Waals surface area contributed by atoms with Crippen LogP contribution in [-0.4, -0.2) is 20.7 Å². The van der Waals surface area contributed by atoms with Crippen molar-refractivity contribution >= 4 is 22.6 Å². The monoisotopic (exact) mass is 436 g/mol. The molecule has 6 heteroatoms. The van der Waals surface area contributed by atoms with Crippen LogP contribution in [0.15, 0.2) is 85.1 Å². The summed E-state index contributed by atoms with van der Waals surface area (Å²) < 4.78 is 14.9. The summed E-state index contributed by atoms with van der Waals surface area (Å²) in [7, 11) is 1.80. The molecule has 0 spiro atoms. The summed E-state index contributed by atoms with van der Waals surface area (Å²) in [6.45, 7) is 2.03. The van der Waals surface area contributed by atoms with Crippen molar-refractivity contribution in [1.82, 2.24) is 14.8 Å². The van der Waals surface area contributed by atoms with Gasteiger partial charge in [-0.15, -0.1) is 0 Å². The molecule has 0 fully saturated rings. The molecular weight excluding hydrogens is 415 g/mol. The van der Waals surface area contributed by atoms with Crippen molar-refractivity contribution in [2.45, 2.75) is 6.92 Å². The van der Waals surface area contributed by atoms with Gasteiger partial charge in [0.2, 0.25) is 0 Å². The van der Waals surface area contributed by atoms with Gasteiger partial charge in [0.05, 0.1) is 11.2 Å². The fraction of sp³-hybridized carbons (Fsp3) is 0.0741. The maximum atomic E-state index is 13.2. The number of amides is 1. The predicted octanol–water partition coefficient (Wildman–Crippen LogP) is 6.00. The van der Waals surface area contributed by atoms with Crippen LogP contribution in [-0.2, 0) is 7.05 Å². The third-order valence-corrected chi connectivity index (χ3v) is 5.67. The standard InChI is InChI=1S/C27H21FN4O/c1-17-5-3-4-6-23(17)25-15-26(32(2)31-25)30-27(33)20-8-7-19-13-21(16-29-24(19)14-20)18-9-11-22(28)12-10-18/h3-16H,1-2H3,(H,30,33). The Balaban J connectivity index is 1.39. The second-order valence-corrected chi connectivity index (χ2v) is 7.95. The number of benzene rings is 3. The lowest BCUT2D eigenvalue weighted by Gasteiger charge is -2.07. The van der Waals surface area contributed by atoms with Gasteiger partial charge in [-0.3, -0.25) is 14.5 Å². The summed E-state index contributed by atoms with van der Waals surface area (Å²) >= 11 is 0. The number of nitrogens with zero attached hydrogens (tertiary/aromatic N) is 3. The Morgan fingerprint density at radius 1 is 0.939 bits per heavy atom. The number of halogens is 1. The second-order valence-electron chi connectivity index (χ2n) is 7.95. The molecule has 1 amide bonds. The summed E-state index contributed by atoms with van der Waals surface area (Å²) in [5.74, 6) is 0.0983. The average molecular weight is 436 g/mol. The first kappa shape index (κ1) is 20.6. The Kier molecular flexibility index (Phi) is 5.18. The number of aromatic nitrogens is 3. The van der Waals surface area contributed by atoms with Gasteiger partial charge in [-0.05, 0) is 48.4 Å². The number of anilines is 1. The van der Waals surface area contributed by atoms with Crippen molar-refractivity contribution in [2.24, 2.45) is 7.05 Å². The van der Waals surface area contributed by atoms with Crippen LogP contribution in [0, 0.1) is 12.7 Å². The summed E-state index contributed by atoms with van der Waals surface area (Å²) in [6.07, 6.45) is 1.73. The van der Waals surface area contributed by atoms with E-state index in [1.54, 1.807) is 42.2 Å². The smallest absolute Gasteiger partial charge is 0.256 e. The van der Waals surface area contributed by atoms with E-state index in [0.29, 0.717) is 16.9 Å². The zero-order valence-electron chi connectivity index (χ0n) is 18.2. The molecule has 162 valence electrons. The number of fused-ring (bicyclic) bond motifs is 1. The highest BCUT2D eigenvalue weighted by molar-refractivity contribution is 6.06. The highest BCUT2D eigenvalue weighted by Crippen LogP contribution is 2.26. The molecule has 0 saturated heterocycles. The van der Waals surface area contributed by atoms with Crippen molar-refractivity contribution < 1.29 is 9.18 Å². The van der Waals surface area contributed by atoms with Gasteiger partial charge in [0.15, 0.2) is 0 Å². The molecule has 3 aromatic carbocycles. The largest absolute Gasteiger partial charge is 0.307 e. The molecule has 0 saturated carbocycles. The SMILES string of the molecule is Cc1ccccc1-c1cc(NC(=O)c2ccc3cc(-c4ccc(F)cc4)cnc3c2)n(C)n1. The molecule has 1 N–H and O–H groups in total. The third kappa shape index (κ3) is 4.11. The topological polar surface area (TPSA) is 59.8 Å². The minimum absolute atomic E-state index is 0.236. The lowest BCUT2D eigenvalue weighted by atomic mass is 10.0. The third-order valence-electron chi connectivity index (χ3n) is 5.67. The highest BCUT2D eigenvalue weighted by Gasteiger charge is 2.14. The van der Waals surface area contributed by atoms with E-state index in [1.807, 2.05) is 49.4 Å². The number of aryl methyl sites for hydroxylation is 2. The number of carbonyl (C=O) groups is 1. The van der Waals surface area contributed by atoms with E-state index in [2.05, 4.69) is 15.4 Å². The van der Waals surface area contributed by atoms with E-state index in [4.69, 9.17) is 0 Å². The molecule has 0 unspecified atom stereocenters. The minimum Gasteiger partial charge on any atom is -0.307 e. The van der Waals surface area contributed by atoms with Crippen LogP contribution in [0.3, 0.4) is 0 Å². The van der Waals surface area contributed by atoms with E-state index < -0.39 is 0 Å². The number of hydrogen-bond donors (Lipinski definition) is 1. The molecule has 5 aromatic rings. The molecule has 0 bridgehead atoms. The lowest BCUT2D eigenvalue weighted by molar-refractivity contribution is 0.102. The number of carbonyl (C=O) groups excluding carboxylic acids is 1. The molecule has 0 aliphatic rings. The first-order valence-electron chi connectivity index (χ1n) is 10.5. The van der Waals surface area contributed by atoms with Crippen LogP contribution >= 0.6 is 0 Å². The van der Waals surface area contributed by atoms with Crippen molar-refractivity contribution in [3.05, 3.63) is 102 Å². The van der Waals surface area contributed by atoms with Crippen molar-refractivity contribution in [3.63, 3.8) is 0 Å². The Labute approximate surface area is 190 Å². The van der Waals surface area contributed by atoms with E-state index in [0.717, 1.165) is 33.3 Å². The van der Waals surface area contributed by atoms with Gasteiger partial charge in [0.25, 0.3) is 5.91 Å². The summed E-state index contributed by atoms with van der Waals surface area (Å²) in [4.78, 5) is 17.4. The molecule has 0 radical (unpaired) electrons. The van der Waals surface area contributed by atoms with Crippen molar-refractivity contribution in [1.29, 1.82) is 0 Å². The van der Waals surface area contributed by atoms with Crippen molar-refractivity contribution in [2.75, 3.05) is 5.32 Å². The number of nitrogens with one attached hydrogen (secondary N) is 1. The molecule has 0 aliphatic heterocycles. The van der Waals surface area contributed by atoms with Gasteiger partial charge < -0.3 is 5.32 Å². The van der Waals surface area contributed by atoms with Crippen LogP contribution < -0.4 is 5.32 Å². The van der Waals surface area contributed by atoms with Crippen molar-refractivity contribution in [3.8, 4) is 22.4 Å². The van der Waals surface area contributed by atoms with Crippen LogP contribution in [0.1, 0.15) is 15.9 Å². The minimum atomic E-state index is -0.275. The van der Waals surface area contributed by atoms with Gasteiger partial charge in [-0.2, -0.15) is 5.10 Å². The maximum Gasteiger partial charge on any atom is 0.256 e. The Bertz CT molecular complexity index is 1490. The van der Waals surface area contributed by atoms with Gasteiger partial charge in [-0.25, -0.2) is 4.39 Å². The molecule has 5 rings (SSSR count). The normalized spacial score (nSPS) is 11.0. The Hall–Kier alpha value is -4.32. The molecule has 2 aromatic heterocycles. The van der Waals surface area contributed by atoms with Crippen LogP contribution in [0.5, 0.6) is 0 Å². The van der Waals surface area contributed by atoms with Gasteiger partial charge in [0.1, 0.15) is 11.6 Å². The van der Waals surface area contributed by atoms with E-state index in [1.165, 1.54) is 12.1 Å². The van der Waals surface area contributed by atoms with E-state index in [9.17, 15) is 9.18 Å². The molecule has 0 atom stereocenters. The fourth-order valence-corrected chi connectivity index (χ4v) is 3.83. The van der Waals surface area contributed by atoms with Crippen LogP contribution in [0.2, 0.25) is 0 Å². The fourth-order valence-electron chi connectivity index (χ4n) is 3.83. The second kappa shape index (κ2) is 8.31. The molecular formula is C27H21FN4O. The summed E-state index contributed by atoms with van der Waals surface area (Å²) in [6, 6.07) is 23.5. The first-order valence-corrected chi connectivity index (χ1v) is 10.5. The van der Waals surface area contributed by atoms with Crippen LogP contribution in [0.25, 0.3) is 33.3 Å². The average Bonchev–Trinajstić information content (AvgIpc) is 3.19. The zero-order chi connectivity index (χ0) is 22.9. The first-order chi connectivity index (χ1) is 16.0. The van der Waals surface area contributed by atoms with Gasteiger partial charge >= 0.3 is 0 Å². The van der Waals surface area contributed by atoms with Gasteiger partial charge in [-0.1, -0.05) is 42.5 Å².